The second kappa shape index (κ2) is 6.36. The van der Waals surface area contributed by atoms with Gasteiger partial charge in [-0.25, -0.2) is 0 Å². The predicted octanol–water partition coefficient (Wildman–Crippen LogP) is 0.802. The van der Waals surface area contributed by atoms with Gasteiger partial charge in [0.1, 0.15) is 11.5 Å². The molecule has 0 aliphatic carbocycles. The van der Waals surface area contributed by atoms with Crippen LogP contribution in [0.5, 0.6) is 5.75 Å². The van der Waals surface area contributed by atoms with Crippen LogP contribution in [-0.2, 0) is 29.6 Å². The summed E-state index contributed by atoms with van der Waals surface area (Å²) in [6.45, 7) is -0.243. The van der Waals surface area contributed by atoms with Crippen LogP contribution in [0.1, 0.15) is 12.0 Å². The lowest BCUT2D eigenvalue weighted by Gasteiger charge is -2.05. The first-order valence-electron chi connectivity index (χ1n) is 5.15. The largest absolute Gasteiger partial charge is 0.508 e. The monoisotopic (exact) mass is 274 g/mol. The summed E-state index contributed by atoms with van der Waals surface area (Å²) in [5, 5.41) is 9.05. The third kappa shape index (κ3) is 5.15. The van der Waals surface area contributed by atoms with Crippen molar-refractivity contribution in [1.29, 1.82) is 0 Å². The average molecular weight is 274 g/mol. The lowest BCUT2D eigenvalue weighted by Crippen LogP contribution is -2.13. The molecule has 1 N–H and O–H groups in total. The number of hydrogen-bond acceptors (Lipinski definition) is 6. The number of phenolic OH excluding ortho intramolecular Hbond substituents is 1. The zero-order valence-electron chi connectivity index (χ0n) is 9.83. The molecule has 0 unspecified atom stereocenters. The van der Waals surface area contributed by atoms with Gasteiger partial charge in [0, 0.05) is 0 Å². The van der Waals surface area contributed by atoms with Gasteiger partial charge in [-0.05, 0) is 17.7 Å². The third-order valence-electron chi connectivity index (χ3n) is 2.08. The number of esters is 1. The first-order chi connectivity index (χ1) is 8.43. The van der Waals surface area contributed by atoms with E-state index in [2.05, 4.69) is 8.92 Å². The number of hydrogen-bond donors (Lipinski definition) is 1. The number of carbonyl (C=O) groups excluding carboxylic acids is 1. The normalized spacial score (nSPS) is 11.2. The van der Waals surface area contributed by atoms with Gasteiger partial charge in [0.05, 0.1) is 20.1 Å². The zero-order chi connectivity index (χ0) is 13.6. The highest BCUT2D eigenvalue weighted by Crippen LogP contribution is 2.13. The third-order valence-corrected chi connectivity index (χ3v) is 3.29. The molecule has 0 amide bonds. The van der Waals surface area contributed by atoms with Crippen molar-refractivity contribution in [2.75, 3.05) is 13.7 Å². The van der Waals surface area contributed by atoms with E-state index in [-0.39, 0.29) is 24.5 Å². The topological polar surface area (TPSA) is 89.9 Å². The van der Waals surface area contributed by atoms with Crippen molar-refractivity contribution in [2.45, 2.75) is 12.2 Å². The molecule has 18 heavy (non-hydrogen) atoms. The number of carbonyl (C=O) groups is 1. The van der Waals surface area contributed by atoms with Crippen LogP contribution in [0.15, 0.2) is 24.3 Å². The van der Waals surface area contributed by atoms with Crippen LogP contribution in [0.3, 0.4) is 0 Å². The standard InChI is InChI=1S/C11H14O6S/c1-16-11(13)6-7-17-18(14,15)8-9-2-4-10(12)5-3-9/h2-5,12H,6-8H2,1H3. The molecule has 1 rings (SSSR count). The zero-order valence-corrected chi connectivity index (χ0v) is 10.6. The fourth-order valence-electron chi connectivity index (χ4n) is 1.19. The number of benzene rings is 1. The average Bonchev–Trinajstić information content (AvgIpc) is 2.31. The summed E-state index contributed by atoms with van der Waals surface area (Å²) < 4.78 is 32.0. The molecule has 100 valence electrons. The molecule has 0 spiro atoms. The van der Waals surface area contributed by atoms with E-state index in [1.165, 1.54) is 31.4 Å². The molecule has 1 aromatic rings. The lowest BCUT2D eigenvalue weighted by atomic mass is 10.2. The molecule has 0 aliphatic rings. The van der Waals surface area contributed by atoms with Crippen LogP contribution in [0.25, 0.3) is 0 Å². The first kappa shape index (κ1) is 14.5. The number of aromatic hydroxyl groups is 1. The Morgan fingerprint density at radius 2 is 1.89 bits per heavy atom. The van der Waals surface area contributed by atoms with Crippen LogP contribution in [0, 0.1) is 0 Å². The minimum absolute atomic E-state index is 0.0581. The number of ether oxygens (including phenoxy) is 1. The quantitative estimate of drug-likeness (QED) is 0.609. The van der Waals surface area contributed by atoms with Crippen LogP contribution >= 0.6 is 0 Å². The van der Waals surface area contributed by atoms with Crippen molar-refractivity contribution in [2.24, 2.45) is 0 Å². The SMILES string of the molecule is COC(=O)CCOS(=O)(=O)Cc1ccc(O)cc1. The van der Waals surface area contributed by atoms with Gasteiger partial charge < -0.3 is 9.84 Å². The second-order valence-electron chi connectivity index (χ2n) is 3.52. The van der Waals surface area contributed by atoms with Gasteiger partial charge in [0.15, 0.2) is 0 Å². The molecule has 1 aromatic carbocycles. The molecular formula is C11H14O6S. The van der Waals surface area contributed by atoms with Gasteiger partial charge in [-0.3, -0.25) is 8.98 Å². The van der Waals surface area contributed by atoms with E-state index in [4.69, 9.17) is 5.11 Å². The number of rotatable bonds is 6. The van der Waals surface area contributed by atoms with E-state index in [1.54, 1.807) is 0 Å². The van der Waals surface area contributed by atoms with Crippen LogP contribution in [0.2, 0.25) is 0 Å². The predicted molar refractivity (Wildman–Crippen MR) is 63.3 cm³/mol. The van der Waals surface area contributed by atoms with Crippen molar-refractivity contribution in [1.82, 2.24) is 0 Å². The Hall–Kier alpha value is -1.60. The molecule has 0 saturated heterocycles. The molecule has 6 nitrogen and oxygen atoms in total. The van der Waals surface area contributed by atoms with E-state index in [9.17, 15) is 13.2 Å². The Bertz CT molecular complexity index is 491. The molecule has 0 fully saturated rings. The van der Waals surface area contributed by atoms with E-state index in [0.717, 1.165) is 0 Å². The Kier molecular flexibility index (Phi) is 5.11. The molecule has 0 heterocycles. The molecular weight excluding hydrogens is 260 g/mol. The second-order valence-corrected chi connectivity index (χ2v) is 5.16. The summed E-state index contributed by atoms with van der Waals surface area (Å²) in [4.78, 5) is 10.8. The summed E-state index contributed by atoms with van der Waals surface area (Å²) in [7, 11) is -2.53. The van der Waals surface area contributed by atoms with E-state index < -0.39 is 16.1 Å². The maximum Gasteiger partial charge on any atom is 0.307 e. The van der Waals surface area contributed by atoms with Gasteiger partial charge in [-0.1, -0.05) is 12.1 Å². The molecule has 0 radical (unpaired) electrons. The van der Waals surface area contributed by atoms with Crippen molar-refractivity contribution >= 4 is 16.1 Å². The summed E-state index contributed by atoms with van der Waals surface area (Å²) in [6.07, 6.45) is -0.120. The fraction of sp³-hybridized carbons (Fsp3) is 0.364. The molecule has 0 aromatic heterocycles. The highest BCUT2D eigenvalue weighted by molar-refractivity contribution is 7.85. The van der Waals surface area contributed by atoms with Crippen molar-refractivity contribution in [3.05, 3.63) is 29.8 Å². The summed E-state index contributed by atoms with van der Waals surface area (Å²) in [5.41, 5.74) is 0.492. The van der Waals surface area contributed by atoms with Gasteiger partial charge in [0.2, 0.25) is 0 Å². The molecule has 0 atom stereocenters. The highest BCUT2D eigenvalue weighted by Gasteiger charge is 2.13. The van der Waals surface area contributed by atoms with Gasteiger partial charge in [-0.2, -0.15) is 8.42 Å². The highest BCUT2D eigenvalue weighted by atomic mass is 32.2. The van der Waals surface area contributed by atoms with Crippen molar-refractivity contribution in [3.63, 3.8) is 0 Å². The summed E-state index contributed by atoms with van der Waals surface area (Å²) in [6, 6.07) is 5.74. The minimum atomic E-state index is -3.74. The van der Waals surface area contributed by atoms with Crippen LogP contribution in [0.4, 0.5) is 0 Å². The van der Waals surface area contributed by atoms with Gasteiger partial charge >= 0.3 is 5.97 Å². The Morgan fingerprint density at radius 1 is 1.28 bits per heavy atom. The molecule has 0 aliphatic heterocycles. The Balaban J connectivity index is 2.49. The number of phenols is 1. The summed E-state index contributed by atoms with van der Waals surface area (Å²) in [5.74, 6) is -0.786. The molecule has 0 bridgehead atoms. The maximum absolute atomic E-state index is 11.5. The minimum Gasteiger partial charge on any atom is -0.508 e. The smallest absolute Gasteiger partial charge is 0.307 e. The first-order valence-corrected chi connectivity index (χ1v) is 6.72. The van der Waals surface area contributed by atoms with Crippen molar-refractivity contribution in [3.8, 4) is 5.75 Å². The Labute approximate surface area is 105 Å². The van der Waals surface area contributed by atoms with E-state index >= 15 is 0 Å². The Morgan fingerprint density at radius 3 is 2.44 bits per heavy atom. The molecule has 0 saturated carbocycles. The fourth-order valence-corrected chi connectivity index (χ4v) is 2.21. The van der Waals surface area contributed by atoms with E-state index in [1.807, 2.05) is 0 Å². The summed E-state index contributed by atoms with van der Waals surface area (Å²) >= 11 is 0. The van der Waals surface area contributed by atoms with Crippen LogP contribution in [-0.4, -0.2) is 33.2 Å². The van der Waals surface area contributed by atoms with Gasteiger partial charge in [-0.15, -0.1) is 0 Å². The molecule has 7 heteroatoms. The van der Waals surface area contributed by atoms with E-state index in [0.29, 0.717) is 5.56 Å². The maximum atomic E-state index is 11.5. The van der Waals surface area contributed by atoms with Gasteiger partial charge in [0.25, 0.3) is 10.1 Å². The van der Waals surface area contributed by atoms with Crippen molar-refractivity contribution < 1.29 is 27.2 Å². The number of methoxy groups -OCH3 is 1. The van der Waals surface area contributed by atoms with Crippen LogP contribution < -0.4 is 0 Å². The lowest BCUT2D eigenvalue weighted by molar-refractivity contribution is -0.141.